The van der Waals surface area contributed by atoms with Crippen LogP contribution in [0.15, 0.2) is 40.8 Å². The molecule has 256 valence electrons. The molecule has 7 rings (SSSR count). The Hall–Kier alpha value is -1.21. The van der Waals surface area contributed by atoms with Crippen molar-refractivity contribution in [1.82, 2.24) is 0 Å². The lowest BCUT2D eigenvalue weighted by Gasteiger charge is -2.71. The van der Waals surface area contributed by atoms with E-state index in [0.29, 0.717) is 17.8 Å². The highest BCUT2D eigenvalue weighted by Gasteiger charge is 2.71. The number of hydrogen-bond donors (Lipinski definition) is 0. The van der Waals surface area contributed by atoms with E-state index in [4.69, 9.17) is 13.7 Å². The van der Waals surface area contributed by atoms with Gasteiger partial charge >= 0.3 is 0 Å². The highest BCUT2D eigenvalue weighted by molar-refractivity contribution is 7.86. The van der Waals surface area contributed by atoms with Gasteiger partial charge in [0.1, 0.15) is 0 Å². The monoisotopic (exact) mass is 652 g/mol. The average molecular weight is 653 g/mol. The van der Waals surface area contributed by atoms with E-state index in [2.05, 4.69) is 68.4 Å². The van der Waals surface area contributed by atoms with E-state index in [-0.39, 0.29) is 56.2 Å². The number of allylic oxidation sites excluding steroid dienone is 2. The van der Waals surface area contributed by atoms with Gasteiger partial charge in [0.15, 0.2) is 5.79 Å². The Kier molecular flexibility index (Phi) is 7.36. The lowest BCUT2D eigenvalue weighted by molar-refractivity contribution is -0.212. The summed E-state index contributed by atoms with van der Waals surface area (Å²) < 4.78 is 46.2. The molecular weight excluding hydrogens is 593 g/mol. The van der Waals surface area contributed by atoms with Crippen LogP contribution in [-0.4, -0.2) is 33.0 Å². The fourth-order valence-electron chi connectivity index (χ4n) is 12.7. The third kappa shape index (κ3) is 4.72. The van der Waals surface area contributed by atoms with E-state index in [9.17, 15) is 8.42 Å². The first-order chi connectivity index (χ1) is 21.2. The average Bonchev–Trinajstić information content (AvgIpc) is 3.27. The quantitative estimate of drug-likeness (QED) is 0.239. The molecule has 5 aliphatic carbocycles. The topological polar surface area (TPSA) is 61.8 Å². The third-order valence-electron chi connectivity index (χ3n) is 15.3. The second-order valence-electron chi connectivity index (χ2n) is 19.2. The molecule has 4 saturated carbocycles. The van der Waals surface area contributed by atoms with Gasteiger partial charge in [-0.15, -0.1) is 0 Å². The van der Waals surface area contributed by atoms with Crippen LogP contribution >= 0.6 is 0 Å². The summed E-state index contributed by atoms with van der Waals surface area (Å²) in [6, 6.07) is 7.07. The maximum Gasteiger partial charge on any atom is 0.296 e. The van der Waals surface area contributed by atoms with Crippen molar-refractivity contribution in [2.75, 3.05) is 6.61 Å². The van der Waals surface area contributed by atoms with Crippen molar-refractivity contribution in [3.05, 3.63) is 41.5 Å². The molecule has 1 saturated heterocycles. The minimum absolute atomic E-state index is 0.0487. The molecule has 0 aromatic heterocycles. The summed E-state index contributed by atoms with van der Waals surface area (Å²) in [7, 11) is -3.83. The Morgan fingerprint density at radius 3 is 2.20 bits per heavy atom. The number of fused-ring (bicyclic) bond motifs is 8. The molecule has 0 N–H and O–H groups in total. The van der Waals surface area contributed by atoms with Gasteiger partial charge in [-0.2, -0.15) is 8.42 Å². The third-order valence-corrected chi connectivity index (χ3v) is 16.6. The van der Waals surface area contributed by atoms with Crippen LogP contribution in [0.4, 0.5) is 0 Å². The molecule has 6 aliphatic rings. The zero-order chi connectivity index (χ0) is 33.3. The summed E-state index contributed by atoms with van der Waals surface area (Å²) in [5, 5.41) is 0. The molecule has 46 heavy (non-hydrogen) atoms. The minimum Gasteiger partial charge on any atom is -0.345 e. The lowest BCUT2D eigenvalue weighted by atomic mass is 9.33. The molecule has 1 heterocycles. The van der Waals surface area contributed by atoms with E-state index in [1.807, 2.05) is 19.1 Å². The van der Waals surface area contributed by atoms with Crippen molar-refractivity contribution < 1.29 is 22.1 Å². The lowest BCUT2D eigenvalue weighted by Crippen LogP contribution is -2.66. The zero-order valence-corrected chi connectivity index (χ0v) is 31.1. The van der Waals surface area contributed by atoms with Gasteiger partial charge < -0.3 is 9.47 Å². The van der Waals surface area contributed by atoms with Crippen LogP contribution in [0.3, 0.4) is 0 Å². The van der Waals surface area contributed by atoms with Crippen LogP contribution in [0.5, 0.6) is 0 Å². The van der Waals surface area contributed by atoms with Gasteiger partial charge in [0.2, 0.25) is 0 Å². The Balaban J connectivity index is 1.23. The summed E-state index contributed by atoms with van der Waals surface area (Å²) in [6.07, 6.45) is 12.9. The Labute approximate surface area is 279 Å². The van der Waals surface area contributed by atoms with E-state index in [1.165, 1.54) is 12.8 Å². The van der Waals surface area contributed by atoms with Crippen LogP contribution in [0.1, 0.15) is 126 Å². The van der Waals surface area contributed by atoms with Crippen LogP contribution in [0, 0.1) is 57.2 Å². The van der Waals surface area contributed by atoms with E-state index in [0.717, 1.165) is 50.5 Å². The predicted octanol–water partition coefficient (Wildman–Crippen LogP) is 9.63. The molecule has 0 radical (unpaired) electrons. The second-order valence-corrected chi connectivity index (χ2v) is 20.8. The van der Waals surface area contributed by atoms with Crippen LogP contribution in [0.2, 0.25) is 0 Å². The van der Waals surface area contributed by atoms with Crippen molar-refractivity contribution in [3.63, 3.8) is 0 Å². The van der Waals surface area contributed by atoms with Gasteiger partial charge in [-0.05, 0) is 136 Å². The first kappa shape index (κ1) is 33.3. The summed E-state index contributed by atoms with van der Waals surface area (Å²) >= 11 is 0. The molecule has 0 amide bonds. The number of aryl methyl sites for hydroxylation is 1. The molecule has 1 aliphatic heterocycles. The largest absolute Gasteiger partial charge is 0.345 e. The van der Waals surface area contributed by atoms with Crippen LogP contribution in [-0.2, 0) is 23.8 Å². The smallest absolute Gasteiger partial charge is 0.296 e. The van der Waals surface area contributed by atoms with Gasteiger partial charge in [0.25, 0.3) is 10.1 Å². The van der Waals surface area contributed by atoms with Gasteiger partial charge in [-0.3, -0.25) is 4.18 Å². The number of hydrogen-bond acceptors (Lipinski definition) is 5. The Morgan fingerprint density at radius 2 is 1.50 bits per heavy atom. The number of ether oxygens (including phenoxy) is 2. The molecule has 1 aromatic rings. The number of rotatable bonds is 4. The van der Waals surface area contributed by atoms with E-state index >= 15 is 0 Å². The van der Waals surface area contributed by atoms with Crippen LogP contribution < -0.4 is 0 Å². The molecule has 0 bridgehead atoms. The molecule has 9 atom stereocenters. The summed E-state index contributed by atoms with van der Waals surface area (Å²) in [4.78, 5) is 0.262. The molecule has 0 spiro atoms. The Bertz CT molecular complexity index is 1520. The highest BCUT2D eigenvalue weighted by atomic mass is 32.2. The van der Waals surface area contributed by atoms with Gasteiger partial charge in [-0.25, -0.2) is 0 Å². The molecule has 1 aromatic carbocycles. The fraction of sp³-hybridized carbons (Fsp3) is 0.800. The standard InChI is InChI=1S/C40H60O5S/c1-26-11-13-27(14-12-26)46(41,42)43-25-40-21-19-34(2,3)23-29(40)28-15-16-32-37(8)24-30-33(45-36(6,7)44-30)35(4,5)31(37)17-18-39(32,10)38(28,9)20-22-40/h11-15,29-33H,16-25H2,1-10H3/t29-,30+,31-,32+,33-,37-,38+,39+,40+/m0/s1. The van der Waals surface area contributed by atoms with Crippen molar-refractivity contribution in [3.8, 4) is 0 Å². The molecular formula is C40H60O5S. The summed E-state index contributed by atoms with van der Waals surface area (Å²) in [5.41, 5.74) is 3.20. The van der Waals surface area contributed by atoms with Crippen LogP contribution in [0.25, 0.3) is 0 Å². The SMILES string of the molecule is Cc1ccc(S(=O)(=O)OC[C@]23CCC(C)(C)C[C@H]2C2=CC[C@@H]4[C@@]5(C)C[C@H]6OC(C)(C)O[C@@H]6C(C)(C)[C@@H]5CC[C@@]4(C)[C@]2(C)CC3)cc1. The van der Waals surface area contributed by atoms with E-state index in [1.54, 1.807) is 17.7 Å². The zero-order valence-electron chi connectivity index (χ0n) is 30.3. The number of benzene rings is 1. The van der Waals surface area contributed by atoms with Crippen molar-refractivity contribution >= 4 is 10.1 Å². The van der Waals surface area contributed by atoms with Crippen molar-refractivity contribution in [2.24, 2.45) is 50.2 Å². The molecule has 0 unspecified atom stereocenters. The van der Waals surface area contributed by atoms with Gasteiger partial charge in [-0.1, -0.05) is 77.8 Å². The fourth-order valence-corrected chi connectivity index (χ4v) is 13.7. The van der Waals surface area contributed by atoms with Crippen molar-refractivity contribution in [1.29, 1.82) is 0 Å². The predicted molar refractivity (Wildman–Crippen MR) is 183 cm³/mol. The summed E-state index contributed by atoms with van der Waals surface area (Å²) in [6.45, 7) is 24.0. The van der Waals surface area contributed by atoms with Crippen molar-refractivity contribution in [2.45, 2.75) is 150 Å². The summed E-state index contributed by atoms with van der Waals surface area (Å²) in [5.74, 6) is 0.973. The van der Waals surface area contributed by atoms with Gasteiger partial charge in [0.05, 0.1) is 23.7 Å². The van der Waals surface area contributed by atoms with E-state index < -0.39 is 15.9 Å². The maximum atomic E-state index is 13.5. The van der Waals surface area contributed by atoms with Gasteiger partial charge in [0, 0.05) is 5.41 Å². The first-order valence-electron chi connectivity index (χ1n) is 18.2. The molecule has 5 nitrogen and oxygen atoms in total. The molecule has 6 heteroatoms. The maximum absolute atomic E-state index is 13.5. The second kappa shape index (κ2) is 10.2. The minimum atomic E-state index is -3.83. The highest BCUT2D eigenvalue weighted by Crippen LogP contribution is 2.76. The first-order valence-corrected chi connectivity index (χ1v) is 19.6. The molecule has 5 fully saturated rings. The normalized spacial score (nSPS) is 45.3. The Morgan fingerprint density at radius 1 is 0.826 bits per heavy atom.